The van der Waals surface area contributed by atoms with Gasteiger partial charge in [-0.05, 0) is 36.4 Å². The fourth-order valence-electron chi connectivity index (χ4n) is 1.75. The van der Waals surface area contributed by atoms with Crippen molar-refractivity contribution in [2.45, 2.75) is 6.54 Å². The molecule has 7 heteroatoms. The van der Waals surface area contributed by atoms with Gasteiger partial charge in [-0.25, -0.2) is 0 Å². The zero-order valence-electron chi connectivity index (χ0n) is 11.8. The van der Waals surface area contributed by atoms with E-state index in [1.54, 1.807) is 42.3 Å². The molecule has 0 radical (unpaired) electrons. The van der Waals surface area contributed by atoms with Crippen molar-refractivity contribution in [3.05, 3.63) is 56.2 Å². The molecule has 0 saturated heterocycles. The highest BCUT2D eigenvalue weighted by atomic mass is 35.5. The van der Waals surface area contributed by atoms with Gasteiger partial charge < -0.3 is 10.2 Å². The lowest BCUT2D eigenvalue weighted by Gasteiger charge is -2.16. The lowest BCUT2D eigenvalue weighted by Crippen LogP contribution is -2.37. The van der Waals surface area contributed by atoms with Crippen LogP contribution in [-0.4, -0.2) is 30.3 Å². The van der Waals surface area contributed by atoms with Gasteiger partial charge >= 0.3 is 0 Å². The lowest BCUT2D eigenvalue weighted by molar-refractivity contribution is -0.129. The van der Waals surface area contributed by atoms with E-state index in [0.29, 0.717) is 21.5 Å². The summed E-state index contributed by atoms with van der Waals surface area (Å²) in [4.78, 5) is 26.4. The van der Waals surface area contributed by atoms with Gasteiger partial charge in [0.25, 0.3) is 5.91 Å². The van der Waals surface area contributed by atoms with Crippen LogP contribution in [0.5, 0.6) is 0 Å². The van der Waals surface area contributed by atoms with Crippen molar-refractivity contribution >= 4 is 46.4 Å². The van der Waals surface area contributed by atoms with Crippen molar-refractivity contribution in [3.8, 4) is 0 Å². The molecule has 1 heterocycles. The molecule has 0 unspecified atom stereocenters. The second-order valence-electron chi connectivity index (χ2n) is 4.65. The van der Waals surface area contributed by atoms with Crippen LogP contribution in [0.2, 0.25) is 9.36 Å². The number of likely N-dealkylation sites (N-methyl/N-ethyl adjacent to an activating group) is 1. The van der Waals surface area contributed by atoms with Gasteiger partial charge in [0.2, 0.25) is 5.91 Å². The van der Waals surface area contributed by atoms with Crippen LogP contribution in [0.3, 0.4) is 0 Å². The summed E-state index contributed by atoms with van der Waals surface area (Å²) in [5, 5.41) is 3.15. The fraction of sp³-hybridized carbons (Fsp3) is 0.200. The van der Waals surface area contributed by atoms with Gasteiger partial charge in [0.05, 0.1) is 17.4 Å². The highest BCUT2D eigenvalue weighted by Crippen LogP contribution is 2.22. The zero-order chi connectivity index (χ0) is 16.1. The van der Waals surface area contributed by atoms with Crippen LogP contribution in [0.4, 0.5) is 0 Å². The quantitative estimate of drug-likeness (QED) is 0.891. The maximum Gasteiger partial charge on any atom is 0.251 e. The first-order chi connectivity index (χ1) is 10.5. The first-order valence-corrected chi connectivity index (χ1v) is 8.05. The van der Waals surface area contributed by atoms with Crippen molar-refractivity contribution < 1.29 is 9.59 Å². The van der Waals surface area contributed by atoms with Crippen LogP contribution in [0, 0.1) is 0 Å². The first kappa shape index (κ1) is 16.8. The smallest absolute Gasteiger partial charge is 0.251 e. The summed E-state index contributed by atoms with van der Waals surface area (Å²) in [5.74, 6) is -0.482. The van der Waals surface area contributed by atoms with E-state index < -0.39 is 0 Å². The molecule has 2 rings (SSSR count). The van der Waals surface area contributed by atoms with Crippen LogP contribution in [-0.2, 0) is 11.3 Å². The second kappa shape index (κ2) is 7.63. The van der Waals surface area contributed by atoms with Crippen molar-refractivity contribution in [3.63, 3.8) is 0 Å². The summed E-state index contributed by atoms with van der Waals surface area (Å²) in [5.41, 5.74) is 0.463. The molecule has 1 aromatic heterocycles. The molecule has 0 atom stereocenters. The number of amides is 2. The van der Waals surface area contributed by atoms with Crippen LogP contribution in [0.25, 0.3) is 0 Å². The van der Waals surface area contributed by atoms with E-state index in [0.717, 1.165) is 4.88 Å². The Morgan fingerprint density at radius 2 is 1.82 bits per heavy atom. The van der Waals surface area contributed by atoms with Crippen LogP contribution >= 0.6 is 34.5 Å². The van der Waals surface area contributed by atoms with E-state index in [1.165, 1.54) is 11.3 Å². The number of rotatable bonds is 5. The van der Waals surface area contributed by atoms with E-state index in [2.05, 4.69) is 5.32 Å². The third-order valence-electron chi connectivity index (χ3n) is 2.95. The Morgan fingerprint density at radius 3 is 2.41 bits per heavy atom. The monoisotopic (exact) mass is 356 g/mol. The van der Waals surface area contributed by atoms with E-state index >= 15 is 0 Å². The largest absolute Gasteiger partial charge is 0.343 e. The predicted octanol–water partition coefficient (Wildman–Crippen LogP) is 3.44. The number of thiophene rings is 1. The summed E-state index contributed by atoms with van der Waals surface area (Å²) in [7, 11) is 1.68. The van der Waals surface area contributed by atoms with Gasteiger partial charge in [-0.1, -0.05) is 23.2 Å². The average Bonchev–Trinajstić information content (AvgIpc) is 2.90. The number of halogens is 2. The van der Waals surface area contributed by atoms with Gasteiger partial charge in [-0.3, -0.25) is 9.59 Å². The van der Waals surface area contributed by atoms with E-state index in [1.807, 2.05) is 6.07 Å². The van der Waals surface area contributed by atoms with E-state index in [9.17, 15) is 9.59 Å². The molecule has 2 aromatic rings. The van der Waals surface area contributed by atoms with Gasteiger partial charge in [0, 0.05) is 22.5 Å². The molecule has 0 saturated carbocycles. The third-order valence-corrected chi connectivity index (χ3v) is 4.42. The Bertz CT molecular complexity index is 670. The standard InChI is InChI=1S/C15H14Cl2N2O2S/c1-19(9-12-6-7-13(17)22-12)14(20)8-18-15(21)10-2-4-11(16)5-3-10/h2-7H,8-9H2,1H3,(H,18,21). The molecule has 4 nitrogen and oxygen atoms in total. The van der Waals surface area contributed by atoms with Gasteiger partial charge in [0.15, 0.2) is 0 Å². The minimum absolute atomic E-state index is 0.0585. The highest BCUT2D eigenvalue weighted by molar-refractivity contribution is 7.16. The number of benzene rings is 1. The van der Waals surface area contributed by atoms with Gasteiger partial charge in [-0.15, -0.1) is 11.3 Å². The summed E-state index contributed by atoms with van der Waals surface area (Å²) >= 11 is 13.0. The Balaban J connectivity index is 1.83. The maximum absolute atomic E-state index is 12.0. The van der Waals surface area contributed by atoms with Crippen LogP contribution in [0.1, 0.15) is 15.2 Å². The Kier molecular flexibility index (Phi) is 5.83. The third kappa shape index (κ3) is 4.73. The molecule has 22 heavy (non-hydrogen) atoms. The molecule has 2 amide bonds. The number of carbonyl (C=O) groups is 2. The fourth-order valence-corrected chi connectivity index (χ4v) is 3.02. The first-order valence-electron chi connectivity index (χ1n) is 6.47. The molecule has 0 bridgehead atoms. The molecule has 0 aliphatic carbocycles. The molecule has 0 fully saturated rings. The van der Waals surface area contributed by atoms with Crippen molar-refractivity contribution in [1.82, 2.24) is 10.2 Å². The molecule has 0 spiro atoms. The number of nitrogens with one attached hydrogen (secondary N) is 1. The molecular weight excluding hydrogens is 343 g/mol. The number of nitrogens with zero attached hydrogens (tertiary/aromatic N) is 1. The Morgan fingerprint density at radius 1 is 1.14 bits per heavy atom. The number of hydrogen-bond donors (Lipinski definition) is 1. The van der Waals surface area contributed by atoms with Crippen molar-refractivity contribution in [1.29, 1.82) is 0 Å². The van der Waals surface area contributed by atoms with Gasteiger partial charge in [-0.2, -0.15) is 0 Å². The summed E-state index contributed by atoms with van der Waals surface area (Å²) in [6.07, 6.45) is 0. The minimum Gasteiger partial charge on any atom is -0.343 e. The molecule has 0 aliphatic heterocycles. The average molecular weight is 357 g/mol. The van der Waals surface area contributed by atoms with Crippen molar-refractivity contribution in [2.24, 2.45) is 0 Å². The molecule has 0 aliphatic rings. The second-order valence-corrected chi connectivity index (χ2v) is 6.88. The van der Waals surface area contributed by atoms with Crippen LogP contribution in [0.15, 0.2) is 36.4 Å². The lowest BCUT2D eigenvalue weighted by atomic mass is 10.2. The molecular formula is C15H14Cl2N2O2S. The summed E-state index contributed by atoms with van der Waals surface area (Å²) < 4.78 is 0.687. The molecule has 1 N–H and O–H groups in total. The van der Waals surface area contributed by atoms with E-state index in [4.69, 9.17) is 23.2 Å². The normalized spacial score (nSPS) is 10.3. The van der Waals surface area contributed by atoms with Crippen LogP contribution < -0.4 is 5.32 Å². The summed E-state index contributed by atoms with van der Waals surface area (Å²) in [6.45, 7) is 0.407. The van der Waals surface area contributed by atoms with Gasteiger partial charge in [0.1, 0.15) is 0 Å². The molecule has 1 aromatic carbocycles. The maximum atomic E-state index is 12.0. The zero-order valence-corrected chi connectivity index (χ0v) is 14.1. The van der Waals surface area contributed by atoms with E-state index in [-0.39, 0.29) is 18.4 Å². The summed E-state index contributed by atoms with van der Waals surface area (Å²) in [6, 6.07) is 10.2. The Hall–Kier alpha value is -1.56. The highest BCUT2D eigenvalue weighted by Gasteiger charge is 2.12. The molecule has 116 valence electrons. The predicted molar refractivity (Wildman–Crippen MR) is 89.6 cm³/mol. The minimum atomic E-state index is -0.308. The number of carbonyl (C=O) groups excluding carboxylic acids is 2. The number of hydrogen-bond acceptors (Lipinski definition) is 3. The topological polar surface area (TPSA) is 49.4 Å². The SMILES string of the molecule is CN(Cc1ccc(Cl)s1)C(=O)CNC(=O)c1ccc(Cl)cc1. The Labute approximate surface area is 142 Å². The van der Waals surface area contributed by atoms with Crippen molar-refractivity contribution in [2.75, 3.05) is 13.6 Å².